The molecule has 0 aliphatic heterocycles. The van der Waals surface area contributed by atoms with Crippen molar-refractivity contribution in [3.05, 3.63) is 138 Å². The van der Waals surface area contributed by atoms with Gasteiger partial charge in [-0.15, -0.1) is 0 Å². The smallest absolute Gasteiger partial charge is 0.270 e. The predicted molar refractivity (Wildman–Crippen MR) is 165 cm³/mol. The van der Waals surface area contributed by atoms with Crippen LogP contribution >= 0.6 is 21.6 Å². The van der Waals surface area contributed by atoms with Crippen molar-refractivity contribution < 1.29 is 9.85 Å². The van der Waals surface area contributed by atoms with E-state index >= 15 is 0 Å². The Morgan fingerprint density at radius 3 is 1.36 bits per heavy atom. The second kappa shape index (κ2) is 11.0. The molecule has 12 heteroatoms. The number of para-hydroxylation sites is 2. The normalized spacial score (nSPS) is 11.1. The summed E-state index contributed by atoms with van der Waals surface area (Å²) in [5, 5.41) is 23.8. The number of nitrogens with zero attached hydrogens (tertiary/aromatic N) is 2. The molecule has 0 bridgehead atoms. The maximum atomic E-state index is 13.8. The summed E-state index contributed by atoms with van der Waals surface area (Å²) in [4.78, 5) is 56.5. The van der Waals surface area contributed by atoms with Crippen molar-refractivity contribution in [1.82, 2.24) is 9.97 Å². The van der Waals surface area contributed by atoms with Gasteiger partial charge in [0.2, 0.25) is 10.9 Å². The minimum atomic E-state index is -0.510. The zero-order valence-electron chi connectivity index (χ0n) is 21.4. The number of fused-ring (bicyclic) bond motifs is 2. The third-order valence-corrected chi connectivity index (χ3v) is 9.07. The Morgan fingerprint density at radius 2 is 0.952 bits per heavy atom. The van der Waals surface area contributed by atoms with Gasteiger partial charge in [0.1, 0.15) is 0 Å². The third-order valence-electron chi connectivity index (χ3n) is 6.63. The van der Waals surface area contributed by atoms with E-state index in [2.05, 4.69) is 9.97 Å². The number of rotatable bonds is 7. The second-order valence-electron chi connectivity index (χ2n) is 9.19. The molecule has 0 unspecified atom stereocenters. The van der Waals surface area contributed by atoms with Crippen LogP contribution in [0.3, 0.4) is 0 Å². The number of aromatic nitrogens is 2. The van der Waals surface area contributed by atoms with E-state index in [9.17, 15) is 29.8 Å². The number of hydrogen-bond acceptors (Lipinski definition) is 8. The van der Waals surface area contributed by atoms with E-state index < -0.39 is 9.85 Å². The molecule has 206 valence electrons. The fourth-order valence-electron chi connectivity index (χ4n) is 4.63. The molecule has 6 aromatic rings. The number of non-ortho nitro benzene ring substituents is 2. The van der Waals surface area contributed by atoms with Crippen molar-refractivity contribution in [2.75, 3.05) is 0 Å². The molecule has 0 amide bonds. The van der Waals surface area contributed by atoms with E-state index in [1.54, 1.807) is 60.7 Å². The van der Waals surface area contributed by atoms with Crippen molar-refractivity contribution in [3.8, 4) is 22.5 Å². The summed E-state index contributed by atoms with van der Waals surface area (Å²) in [5.74, 6) is 0. The summed E-state index contributed by atoms with van der Waals surface area (Å²) < 4.78 is 0. The molecule has 0 atom stereocenters. The standard InChI is InChI=1S/C30H18N4O6S2/c35-27-21-11-1-3-13-23(21)31-25(17-7-5-9-19(15-17)33(37)38)29(27)41-42-30-26(18-8-6-10-20(16-18)34(39)40)32-24-14-4-2-12-22(24)28(30)36/h1-16H,(H,31,35)(H,32,36). The lowest BCUT2D eigenvalue weighted by molar-refractivity contribution is -0.385. The van der Waals surface area contributed by atoms with Gasteiger partial charge in [-0.1, -0.05) is 48.5 Å². The van der Waals surface area contributed by atoms with Gasteiger partial charge in [0, 0.05) is 57.2 Å². The molecule has 0 aliphatic carbocycles. The zero-order chi connectivity index (χ0) is 29.4. The molecule has 42 heavy (non-hydrogen) atoms. The Kier molecular flexibility index (Phi) is 7.07. The molecule has 10 nitrogen and oxygen atoms in total. The van der Waals surface area contributed by atoms with Crippen LogP contribution in [-0.4, -0.2) is 19.8 Å². The number of nitrogens with one attached hydrogen (secondary N) is 2. The molecule has 0 saturated heterocycles. The van der Waals surface area contributed by atoms with Gasteiger partial charge in [0.25, 0.3) is 11.4 Å². The Balaban J connectivity index is 1.54. The van der Waals surface area contributed by atoms with Crippen LogP contribution in [0.2, 0.25) is 0 Å². The number of aromatic amines is 2. The number of benzene rings is 4. The largest absolute Gasteiger partial charge is 0.353 e. The van der Waals surface area contributed by atoms with Gasteiger partial charge in [-0.05, 0) is 45.9 Å². The molecule has 0 spiro atoms. The molecule has 0 saturated carbocycles. The summed E-state index contributed by atoms with van der Waals surface area (Å²) >= 11 is 0. The number of hydrogen-bond donors (Lipinski definition) is 2. The van der Waals surface area contributed by atoms with Gasteiger partial charge in [0.15, 0.2) is 0 Å². The van der Waals surface area contributed by atoms with Gasteiger partial charge in [-0.2, -0.15) is 0 Å². The van der Waals surface area contributed by atoms with Gasteiger partial charge in [-0.3, -0.25) is 29.8 Å². The first-order chi connectivity index (χ1) is 20.3. The first kappa shape index (κ1) is 27.0. The average Bonchev–Trinajstić information content (AvgIpc) is 3.01. The van der Waals surface area contributed by atoms with E-state index in [1.165, 1.54) is 36.4 Å². The van der Waals surface area contributed by atoms with Crippen molar-refractivity contribution in [2.45, 2.75) is 9.79 Å². The third kappa shape index (κ3) is 4.93. The van der Waals surface area contributed by atoms with Crippen molar-refractivity contribution in [1.29, 1.82) is 0 Å². The SMILES string of the molecule is O=c1c(SSc2c(-c3cccc([N+](=O)[O-])c3)[nH]c3ccccc3c2=O)c(-c2cccc([N+](=O)[O-])c2)[nH]c2ccccc12. The highest BCUT2D eigenvalue weighted by molar-refractivity contribution is 8.76. The van der Waals surface area contributed by atoms with Crippen LogP contribution < -0.4 is 10.9 Å². The molecule has 0 aliphatic rings. The number of pyridine rings is 2. The number of H-pyrrole nitrogens is 2. The van der Waals surface area contributed by atoms with Crippen LogP contribution in [0.4, 0.5) is 11.4 Å². The summed E-state index contributed by atoms with van der Waals surface area (Å²) in [5.41, 5.74) is 1.83. The molecule has 4 aromatic carbocycles. The Bertz CT molecular complexity index is 2020. The predicted octanol–water partition coefficient (Wildman–Crippen LogP) is 7.32. The van der Waals surface area contributed by atoms with E-state index in [1.807, 2.05) is 0 Å². The van der Waals surface area contributed by atoms with Crippen molar-refractivity contribution in [3.63, 3.8) is 0 Å². The fourth-order valence-corrected chi connectivity index (χ4v) is 7.13. The van der Waals surface area contributed by atoms with Crippen LogP contribution in [0, 0.1) is 20.2 Å². The highest BCUT2D eigenvalue weighted by Crippen LogP contribution is 2.43. The Labute approximate surface area is 244 Å². The number of nitro groups is 2. The molecule has 2 aromatic heterocycles. The van der Waals surface area contributed by atoms with Crippen LogP contribution in [0.1, 0.15) is 0 Å². The van der Waals surface area contributed by atoms with Crippen LogP contribution in [0.5, 0.6) is 0 Å². The Hall–Kier alpha value is -5.20. The average molecular weight is 595 g/mol. The first-order valence-electron chi connectivity index (χ1n) is 12.5. The first-order valence-corrected chi connectivity index (χ1v) is 14.6. The highest BCUT2D eigenvalue weighted by Gasteiger charge is 2.21. The van der Waals surface area contributed by atoms with E-state index in [0.717, 1.165) is 21.6 Å². The monoisotopic (exact) mass is 594 g/mol. The van der Waals surface area contributed by atoms with Gasteiger partial charge >= 0.3 is 0 Å². The lowest BCUT2D eigenvalue weighted by atomic mass is 10.1. The molecule has 0 radical (unpaired) electrons. The fraction of sp³-hybridized carbons (Fsp3) is 0. The summed E-state index contributed by atoms with van der Waals surface area (Å²) in [7, 11) is 2.08. The molecule has 0 fully saturated rings. The summed E-state index contributed by atoms with van der Waals surface area (Å²) in [6.07, 6.45) is 0. The molecular weight excluding hydrogens is 576 g/mol. The maximum absolute atomic E-state index is 13.8. The van der Waals surface area contributed by atoms with Crippen molar-refractivity contribution >= 4 is 54.8 Å². The maximum Gasteiger partial charge on any atom is 0.270 e. The quantitative estimate of drug-likeness (QED) is 0.111. The lowest BCUT2D eigenvalue weighted by Crippen LogP contribution is -2.10. The van der Waals surface area contributed by atoms with E-state index in [0.29, 0.717) is 44.3 Å². The van der Waals surface area contributed by atoms with Gasteiger partial charge in [0.05, 0.1) is 31.0 Å². The van der Waals surface area contributed by atoms with Gasteiger partial charge < -0.3 is 9.97 Å². The minimum absolute atomic E-state index is 0.135. The highest BCUT2D eigenvalue weighted by atomic mass is 33.1. The number of nitro benzene ring substituents is 2. The Morgan fingerprint density at radius 1 is 0.548 bits per heavy atom. The zero-order valence-corrected chi connectivity index (χ0v) is 23.0. The van der Waals surface area contributed by atoms with E-state index in [-0.39, 0.29) is 32.0 Å². The van der Waals surface area contributed by atoms with E-state index in [4.69, 9.17) is 0 Å². The summed E-state index contributed by atoms with van der Waals surface area (Å²) in [6, 6.07) is 25.8. The van der Waals surface area contributed by atoms with Crippen molar-refractivity contribution in [2.24, 2.45) is 0 Å². The topological polar surface area (TPSA) is 152 Å². The summed E-state index contributed by atoms with van der Waals surface area (Å²) in [6.45, 7) is 0. The lowest BCUT2D eigenvalue weighted by Gasteiger charge is -2.13. The molecular formula is C30H18N4O6S2. The second-order valence-corrected chi connectivity index (χ2v) is 11.3. The molecule has 2 heterocycles. The van der Waals surface area contributed by atoms with Crippen LogP contribution in [0.15, 0.2) is 116 Å². The van der Waals surface area contributed by atoms with Gasteiger partial charge in [-0.25, -0.2) is 0 Å². The molecule has 2 N–H and O–H groups in total. The van der Waals surface area contributed by atoms with Crippen LogP contribution in [0.25, 0.3) is 44.3 Å². The molecule has 6 rings (SSSR count). The van der Waals surface area contributed by atoms with Crippen LogP contribution in [-0.2, 0) is 0 Å². The minimum Gasteiger partial charge on any atom is -0.353 e.